The molecule has 0 saturated heterocycles. The summed E-state index contributed by atoms with van der Waals surface area (Å²) in [6, 6.07) is 0. The highest BCUT2D eigenvalue weighted by molar-refractivity contribution is 7.18. The van der Waals surface area contributed by atoms with E-state index < -0.39 is 0 Å². The van der Waals surface area contributed by atoms with Crippen molar-refractivity contribution in [3.63, 3.8) is 0 Å². The molecule has 23 heavy (non-hydrogen) atoms. The first-order valence-corrected chi connectivity index (χ1v) is 9.28. The molecule has 0 bridgehead atoms. The zero-order valence-electron chi connectivity index (χ0n) is 13.6. The van der Waals surface area contributed by atoms with E-state index in [0.717, 1.165) is 42.3 Å². The molecule has 0 radical (unpaired) electrons. The Morgan fingerprint density at radius 3 is 3.04 bits per heavy atom. The first-order chi connectivity index (χ1) is 11.2. The molecule has 6 heteroatoms. The molecule has 2 aromatic heterocycles. The molecule has 1 aliphatic rings. The fourth-order valence-electron chi connectivity index (χ4n) is 3.06. The molecular formula is C17H23N3O2S. The number of fused-ring (bicyclic) bond motifs is 3. The van der Waals surface area contributed by atoms with Gasteiger partial charge in [-0.2, -0.15) is 0 Å². The van der Waals surface area contributed by atoms with Crippen LogP contribution in [0.25, 0.3) is 10.2 Å². The molecule has 1 aliphatic carbocycles. The van der Waals surface area contributed by atoms with Gasteiger partial charge in [-0.3, -0.25) is 14.2 Å². The highest BCUT2D eigenvalue weighted by Gasteiger charge is 2.19. The Hall–Kier alpha value is -1.69. The number of carbonyl (C=O) groups excluding carboxylic acids is 1. The van der Waals surface area contributed by atoms with E-state index in [2.05, 4.69) is 17.2 Å². The largest absolute Gasteiger partial charge is 0.356 e. The van der Waals surface area contributed by atoms with Crippen molar-refractivity contribution >= 4 is 27.5 Å². The molecule has 0 fully saturated rings. The van der Waals surface area contributed by atoms with E-state index in [9.17, 15) is 9.59 Å². The van der Waals surface area contributed by atoms with Gasteiger partial charge in [-0.05, 0) is 37.7 Å². The number of aromatic nitrogens is 2. The number of amides is 1. The molecule has 0 unspecified atom stereocenters. The normalized spacial score (nSPS) is 14.0. The summed E-state index contributed by atoms with van der Waals surface area (Å²) in [7, 11) is 0. The minimum atomic E-state index is -0.00204. The molecule has 0 spiro atoms. The van der Waals surface area contributed by atoms with Crippen LogP contribution >= 0.6 is 11.3 Å². The van der Waals surface area contributed by atoms with E-state index in [1.165, 1.54) is 16.9 Å². The summed E-state index contributed by atoms with van der Waals surface area (Å²) in [5.74, 6) is -0.00204. The van der Waals surface area contributed by atoms with Crippen molar-refractivity contribution in [1.82, 2.24) is 14.9 Å². The average Bonchev–Trinajstić information content (AvgIpc) is 2.93. The summed E-state index contributed by atoms with van der Waals surface area (Å²) < 4.78 is 1.59. The molecule has 2 heterocycles. The van der Waals surface area contributed by atoms with Crippen LogP contribution in [0.3, 0.4) is 0 Å². The molecule has 0 aromatic carbocycles. The number of carbonyl (C=O) groups is 1. The lowest BCUT2D eigenvalue weighted by Gasteiger charge is -2.10. The number of aryl methyl sites for hydroxylation is 3. The van der Waals surface area contributed by atoms with Gasteiger partial charge in [-0.1, -0.05) is 13.3 Å². The second kappa shape index (κ2) is 7.25. The molecule has 5 nitrogen and oxygen atoms in total. The van der Waals surface area contributed by atoms with E-state index in [0.29, 0.717) is 19.5 Å². The van der Waals surface area contributed by atoms with Gasteiger partial charge in [-0.15, -0.1) is 11.3 Å². The van der Waals surface area contributed by atoms with Gasteiger partial charge < -0.3 is 5.32 Å². The lowest BCUT2D eigenvalue weighted by molar-refractivity contribution is -0.121. The number of nitrogens with one attached hydrogen (secondary N) is 1. The number of rotatable bonds is 6. The van der Waals surface area contributed by atoms with Gasteiger partial charge in [0.25, 0.3) is 5.56 Å². The van der Waals surface area contributed by atoms with Crippen molar-refractivity contribution in [1.29, 1.82) is 0 Å². The quantitative estimate of drug-likeness (QED) is 0.827. The molecule has 0 aliphatic heterocycles. The van der Waals surface area contributed by atoms with Crippen molar-refractivity contribution in [3.8, 4) is 0 Å². The monoisotopic (exact) mass is 333 g/mol. The van der Waals surface area contributed by atoms with E-state index in [1.54, 1.807) is 22.2 Å². The number of hydrogen-bond acceptors (Lipinski definition) is 4. The maximum absolute atomic E-state index is 12.7. The van der Waals surface area contributed by atoms with Crippen LogP contribution in [0.15, 0.2) is 11.1 Å². The maximum atomic E-state index is 12.7. The van der Waals surface area contributed by atoms with E-state index in [-0.39, 0.29) is 11.5 Å². The summed E-state index contributed by atoms with van der Waals surface area (Å²) in [6.45, 7) is 3.19. The Labute approximate surface area is 139 Å². The molecule has 1 amide bonds. The van der Waals surface area contributed by atoms with Crippen LogP contribution in [0.4, 0.5) is 0 Å². The third kappa shape index (κ3) is 3.47. The highest BCUT2D eigenvalue weighted by Crippen LogP contribution is 2.33. The number of thiophene rings is 1. The van der Waals surface area contributed by atoms with Gasteiger partial charge in [0, 0.05) is 24.4 Å². The predicted molar refractivity (Wildman–Crippen MR) is 93.1 cm³/mol. The van der Waals surface area contributed by atoms with Crippen molar-refractivity contribution in [3.05, 3.63) is 27.1 Å². The zero-order valence-corrected chi connectivity index (χ0v) is 14.4. The minimum Gasteiger partial charge on any atom is -0.356 e. The number of nitrogens with zero attached hydrogens (tertiary/aromatic N) is 2. The highest BCUT2D eigenvalue weighted by atomic mass is 32.1. The Morgan fingerprint density at radius 1 is 1.39 bits per heavy atom. The summed E-state index contributed by atoms with van der Waals surface area (Å²) in [4.78, 5) is 31.2. The van der Waals surface area contributed by atoms with Crippen LogP contribution in [0.2, 0.25) is 0 Å². The van der Waals surface area contributed by atoms with Crippen LogP contribution in [0.5, 0.6) is 0 Å². The Morgan fingerprint density at radius 2 is 2.22 bits per heavy atom. The number of hydrogen-bond donors (Lipinski definition) is 1. The van der Waals surface area contributed by atoms with Crippen molar-refractivity contribution in [2.45, 2.75) is 58.4 Å². The van der Waals surface area contributed by atoms with Gasteiger partial charge in [-0.25, -0.2) is 4.98 Å². The topological polar surface area (TPSA) is 64.0 Å². The van der Waals surface area contributed by atoms with Gasteiger partial charge in [0.15, 0.2) is 0 Å². The predicted octanol–water partition coefficient (Wildman–Crippen LogP) is 2.64. The lowest BCUT2D eigenvalue weighted by Crippen LogP contribution is -2.28. The van der Waals surface area contributed by atoms with Crippen LogP contribution in [0, 0.1) is 0 Å². The smallest absolute Gasteiger partial charge is 0.262 e. The maximum Gasteiger partial charge on any atom is 0.262 e. The molecule has 0 saturated carbocycles. The molecule has 2 aromatic rings. The molecule has 124 valence electrons. The lowest BCUT2D eigenvalue weighted by atomic mass is 9.97. The molecule has 1 N–H and O–H groups in total. The fraction of sp³-hybridized carbons (Fsp3) is 0.588. The average molecular weight is 333 g/mol. The fourth-order valence-corrected chi connectivity index (χ4v) is 4.27. The standard InChI is InChI=1S/C17H23N3O2S/c1-2-3-9-18-14(21)8-10-20-11-19-16-15(17(20)22)12-6-4-5-7-13(12)23-16/h11H,2-10H2,1H3,(H,18,21). The van der Waals surface area contributed by atoms with Crippen LogP contribution in [-0.4, -0.2) is 22.0 Å². The Balaban J connectivity index is 1.76. The third-order valence-corrected chi connectivity index (χ3v) is 5.57. The summed E-state index contributed by atoms with van der Waals surface area (Å²) in [5, 5.41) is 3.67. The molecule has 3 rings (SSSR count). The van der Waals surface area contributed by atoms with Gasteiger partial charge in [0.05, 0.1) is 11.7 Å². The van der Waals surface area contributed by atoms with E-state index in [1.807, 2.05) is 0 Å². The zero-order chi connectivity index (χ0) is 16.2. The van der Waals surface area contributed by atoms with E-state index in [4.69, 9.17) is 0 Å². The van der Waals surface area contributed by atoms with Crippen molar-refractivity contribution in [2.24, 2.45) is 0 Å². The summed E-state index contributed by atoms with van der Waals surface area (Å²) in [5.41, 5.74) is 1.21. The third-order valence-electron chi connectivity index (χ3n) is 4.37. The van der Waals surface area contributed by atoms with Crippen LogP contribution in [0.1, 0.15) is 49.5 Å². The number of unbranched alkanes of at least 4 members (excludes halogenated alkanes) is 1. The second-order valence-corrected chi connectivity index (χ2v) is 7.17. The van der Waals surface area contributed by atoms with Crippen molar-refractivity contribution < 1.29 is 4.79 Å². The molecule has 0 atom stereocenters. The Bertz CT molecular complexity index is 763. The van der Waals surface area contributed by atoms with Gasteiger partial charge in [0.2, 0.25) is 5.91 Å². The molecular weight excluding hydrogens is 310 g/mol. The van der Waals surface area contributed by atoms with Crippen molar-refractivity contribution in [2.75, 3.05) is 6.54 Å². The Kier molecular flexibility index (Phi) is 5.10. The summed E-state index contributed by atoms with van der Waals surface area (Å²) in [6.07, 6.45) is 8.35. The minimum absolute atomic E-state index is 0.00204. The van der Waals surface area contributed by atoms with E-state index >= 15 is 0 Å². The second-order valence-electron chi connectivity index (χ2n) is 6.09. The summed E-state index contributed by atoms with van der Waals surface area (Å²) >= 11 is 1.66. The van der Waals surface area contributed by atoms with Crippen LogP contribution in [-0.2, 0) is 24.2 Å². The first-order valence-electron chi connectivity index (χ1n) is 8.47. The van der Waals surface area contributed by atoms with Gasteiger partial charge >= 0.3 is 0 Å². The SMILES string of the molecule is CCCCNC(=O)CCn1cnc2sc3c(c2c1=O)CCCC3. The first kappa shape index (κ1) is 16.2. The van der Waals surface area contributed by atoms with Crippen LogP contribution < -0.4 is 10.9 Å². The van der Waals surface area contributed by atoms with Gasteiger partial charge in [0.1, 0.15) is 4.83 Å².